The zero-order valence-electron chi connectivity index (χ0n) is 11.3. The monoisotopic (exact) mass is 238 g/mol. The zero-order valence-corrected chi connectivity index (χ0v) is 12.3. The maximum atomic E-state index is 5.80. The molecule has 4 bridgehead atoms. The lowest BCUT2D eigenvalue weighted by atomic mass is 9.54. The molecule has 2 heteroatoms. The molecule has 0 aliphatic heterocycles. The lowest BCUT2D eigenvalue weighted by molar-refractivity contribution is -0.107. The van der Waals surface area contributed by atoms with Gasteiger partial charge in [-0.3, -0.25) is 0 Å². The minimum absolute atomic E-state index is 0.612. The van der Waals surface area contributed by atoms with Crippen LogP contribution < -0.4 is 0 Å². The van der Waals surface area contributed by atoms with Crippen LogP contribution in [0.1, 0.15) is 32.1 Å². The molecule has 1 nitrogen and oxygen atoms in total. The lowest BCUT2D eigenvalue weighted by Gasteiger charge is -2.63. The molecule has 0 radical (unpaired) electrons. The number of ether oxygens (including phenoxy) is 1. The summed E-state index contributed by atoms with van der Waals surface area (Å²) in [4.78, 5) is 0. The van der Waals surface area contributed by atoms with Crippen LogP contribution in [0.4, 0.5) is 0 Å². The van der Waals surface area contributed by atoms with E-state index in [1.807, 2.05) is 7.11 Å². The van der Waals surface area contributed by atoms with Gasteiger partial charge < -0.3 is 4.74 Å². The van der Waals surface area contributed by atoms with Gasteiger partial charge in [-0.1, -0.05) is 19.6 Å². The van der Waals surface area contributed by atoms with E-state index >= 15 is 0 Å². The Balaban J connectivity index is 1.92. The Hall–Kier alpha value is 0.177. The summed E-state index contributed by atoms with van der Waals surface area (Å²) < 4.78 is 5.80. The Bertz CT molecular complexity index is 278. The third-order valence-electron chi connectivity index (χ3n) is 6.05. The third kappa shape index (κ3) is 1.38. The second-order valence-electron chi connectivity index (χ2n) is 7.70. The number of rotatable bonds is 2. The fourth-order valence-corrected chi connectivity index (χ4v) is 7.93. The topological polar surface area (TPSA) is 9.23 Å². The summed E-state index contributed by atoms with van der Waals surface area (Å²) in [5.74, 6) is 2.86. The normalized spacial score (nSPS) is 51.0. The van der Waals surface area contributed by atoms with Crippen LogP contribution in [0.25, 0.3) is 0 Å². The summed E-state index contributed by atoms with van der Waals surface area (Å²) in [5.41, 5.74) is 0. The molecule has 3 unspecified atom stereocenters. The molecule has 0 aromatic carbocycles. The first-order valence-corrected chi connectivity index (χ1v) is 10.5. The zero-order chi connectivity index (χ0) is 11.6. The van der Waals surface area contributed by atoms with Crippen LogP contribution in [0.15, 0.2) is 0 Å². The van der Waals surface area contributed by atoms with Crippen molar-refractivity contribution in [2.75, 3.05) is 7.11 Å². The Morgan fingerprint density at radius 1 is 1.00 bits per heavy atom. The van der Waals surface area contributed by atoms with Crippen molar-refractivity contribution in [2.45, 2.75) is 62.9 Å². The maximum absolute atomic E-state index is 5.80. The maximum Gasteiger partial charge on any atom is 0.0628 e. The molecule has 0 spiro atoms. The van der Waals surface area contributed by atoms with Crippen LogP contribution in [-0.4, -0.2) is 21.3 Å². The molecule has 0 heterocycles. The summed E-state index contributed by atoms with van der Waals surface area (Å²) >= 11 is 0. The molecule has 0 aromatic heterocycles. The Morgan fingerprint density at radius 2 is 1.56 bits per heavy atom. The molecule has 4 saturated carbocycles. The summed E-state index contributed by atoms with van der Waals surface area (Å²) in [6, 6.07) is 0. The van der Waals surface area contributed by atoms with E-state index < -0.39 is 8.07 Å². The van der Waals surface area contributed by atoms with Crippen molar-refractivity contribution in [3.63, 3.8) is 0 Å². The molecule has 0 saturated heterocycles. The minimum atomic E-state index is -1.01. The first-order chi connectivity index (χ1) is 7.45. The molecule has 0 amide bonds. The van der Waals surface area contributed by atoms with Gasteiger partial charge in [0.25, 0.3) is 0 Å². The molecule has 0 N–H and O–H groups in total. The van der Waals surface area contributed by atoms with Gasteiger partial charge in [0.2, 0.25) is 0 Å². The number of hydrogen-bond donors (Lipinski definition) is 0. The number of methoxy groups -OCH3 is 1. The van der Waals surface area contributed by atoms with Crippen molar-refractivity contribution in [1.29, 1.82) is 0 Å². The number of hydrogen-bond acceptors (Lipinski definition) is 1. The molecule has 4 aliphatic rings. The molecule has 5 atom stereocenters. The van der Waals surface area contributed by atoms with E-state index in [1.54, 1.807) is 6.42 Å². The predicted molar refractivity (Wildman–Crippen MR) is 70.4 cm³/mol. The second kappa shape index (κ2) is 3.35. The van der Waals surface area contributed by atoms with Crippen LogP contribution >= 0.6 is 0 Å². The van der Waals surface area contributed by atoms with Crippen LogP contribution in [0, 0.1) is 17.8 Å². The van der Waals surface area contributed by atoms with Crippen LogP contribution in [0.3, 0.4) is 0 Å². The van der Waals surface area contributed by atoms with Crippen molar-refractivity contribution in [3.8, 4) is 0 Å². The van der Waals surface area contributed by atoms with Gasteiger partial charge in [0, 0.05) is 7.11 Å². The average molecular weight is 238 g/mol. The molecule has 4 aliphatic carbocycles. The molecule has 16 heavy (non-hydrogen) atoms. The van der Waals surface area contributed by atoms with Crippen molar-refractivity contribution in [2.24, 2.45) is 17.8 Å². The van der Waals surface area contributed by atoms with Gasteiger partial charge in [-0.25, -0.2) is 0 Å². The first kappa shape index (κ1) is 11.3. The molecule has 4 fully saturated rings. The first-order valence-electron chi connectivity index (χ1n) is 6.98. The van der Waals surface area contributed by atoms with Gasteiger partial charge in [-0.05, 0) is 54.9 Å². The van der Waals surface area contributed by atoms with Gasteiger partial charge in [0.15, 0.2) is 0 Å². The third-order valence-corrected chi connectivity index (χ3v) is 9.84. The van der Waals surface area contributed by atoms with Crippen molar-refractivity contribution in [3.05, 3.63) is 0 Å². The Kier molecular flexibility index (Phi) is 2.36. The van der Waals surface area contributed by atoms with E-state index in [9.17, 15) is 0 Å². The average Bonchev–Trinajstić information content (AvgIpc) is 2.14. The van der Waals surface area contributed by atoms with E-state index in [4.69, 9.17) is 4.74 Å². The van der Waals surface area contributed by atoms with E-state index in [0.29, 0.717) is 6.10 Å². The summed E-state index contributed by atoms with van der Waals surface area (Å²) in [5, 5.41) is 0.776. The van der Waals surface area contributed by atoms with Crippen LogP contribution in [0.5, 0.6) is 0 Å². The van der Waals surface area contributed by atoms with Gasteiger partial charge in [0.1, 0.15) is 0 Å². The highest BCUT2D eigenvalue weighted by atomic mass is 28.3. The molecule has 4 rings (SSSR count). The minimum Gasteiger partial charge on any atom is -0.381 e. The summed E-state index contributed by atoms with van der Waals surface area (Å²) in [6.45, 7) is 7.80. The standard InChI is InChI=1S/C14H26OSi/c1-15-13-11-5-10-6-12(13)9-14(7-10,8-11)16(2,3)4/h10-13H,5-9H2,1-4H3/t10?,11-,12+,13?,14?. The van der Waals surface area contributed by atoms with Crippen molar-refractivity contribution < 1.29 is 4.74 Å². The Morgan fingerprint density at radius 3 is 2.00 bits per heavy atom. The fraction of sp³-hybridized carbons (Fsp3) is 1.00. The smallest absolute Gasteiger partial charge is 0.0628 e. The molecule has 92 valence electrons. The van der Waals surface area contributed by atoms with Gasteiger partial charge in [0.05, 0.1) is 14.2 Å². The van der Waals surface area contributed by atoms with Gasteiger partial charge in [-0.2, -0.15) is 0 Å². The second-order valence-corrected chi connectivity index (χ2v) is 13.3. The summed E-state index contributed by atoms with van der Waals surface area (Å²) in [7, 11) is 0.932. The molecular weight excluding hydrogens is 212 g/mol. The highest BCUT2D eigenvalue weighted by molar-refractivity contribution is 6.79. The van der Waals surface area contributed by atoms with Crippen LogP contribution in [-0.2, 0) is 4.74 Å². The quantitative estimate of drug-likeness (QED) is 0.663. The van der Waals surface area contributed by atoms with Crippen molar-refractivity contribution in [1.82, 2.24) is 0 Å². The Labute approximate surface area is 101 Å². The van der Waals surface area contributed by atoms with Crippen LogP contribution in [0.2, 0.25) is 24.7 Å². The highest BCUT2D eigenvalue weighted by Gasteiger charge is 2.59. The fourth-order valence-electron chi connectivity index (χ4n) is 5.28. The van der Waals surface area contributed by atoms with E-state index in [-0.39, 0.29) is 0 Å². The van der Waals surface area contributed by atoms with Gasteiger partial charge in [-0.15, -0.1) is 0 Å². The predicted octanol–water partition coefficient (Wildman–Crippen LogP) is 3.92. The SMILES string of the molecule is COC1[C@@H]2CC3C[C@H]1CC([Si](C)(C)C)(C3)C2. The largest absolute Gasteiger partial charge is 0.381 e. The van der Waals surface area contributed by atoms with Gasteiger partial charge >= 0.3 is 0 Å². The van der Waals surface area contributed by atoms with E-state index in [1.165, 1.54) is 25.7 Å². The lowest BCUT2D eigenvalue weighted by Crippen LogP contribution is -2.57. The molecular formula is C14H26OSi. The molecule has 0 aromatic rings. The van der Waals surface area contributed by atoms with E-state index in [2.05, 4.69) is 19.6 Å². The van der Waals surface area contributed by atoms with Crippen molar-refractivity contribution >= 4 is 8.07 Å². The van der Waals surface area contributed by atoms with E-state index in [0.717, 1.165) is 22.8 Å². The highest BCUT2D eigenvalue weighted by Crippen LogP contribution is 2.67. The summed E-state index contributed by atoms with van der Waals surface area (Å²) in [6.07, 6.45) is 8.11.